The van der Waals surface area contributed by atoms with Crippen LogP contribution < -0.4 is 10.6 Å². The van der Waals surface area contributed by atoms with Crippen molar-refractivity contribution < 1.29 is 9.18 Å². The maximum Gasteiger partial charge on any atom is 0.251 e. The van der Waals surface area contributed by atoms with E-state index in [0.29, 0.717) is 5.02 Å². The quantitative estimate of drug-likeness (QED) is 0.841. The van der Waals surface area contributed by atoms with Crippen LogP contribution in [0.25, 0.3) is 0 Å². The summed E-state index contributed by atoms with van der Waals surface area (Å²) in [7, 11) is 0. The lowest BCUT2D eigenvalue weighted by atomic mass is 10.1. The van der Waals surface area contributed by atoms with Gasteiger partial charge < -0.3 is 10.6 Å². The maximum atomic E-state index is 13.8. The summed E-state index contributed by atoms with van der Waals surface area (Å²) in [6, 6.07) is 9.15. The fraction of sp³-hybridized carbons (Fsp3) is 0.0714. The Hall–Kier alpha value is -1.59. The predicted octanol–water partition coefficient (Wildman–Crippen LogP) is 4.35. The van der Waals surface area contributed by atoms with Crippen LogP contribution in [0.3, 0.4) is 0 Å². The molecule has 0 spiro atoms. The van der Waals surface area contributed by atoms with Crippen LogP contribution in [-0.2, 0) is 4.79 Å². The topological polar surface area (TPSA) is 41.1 Å². The van der Waals surface area contributed by atoms with E-state index in [0.717, 1.165) is 15.7 Å². The number of hydrogen-bond acceptors (Lipinski definition) is 2. The first kappa shape index (κ1) is 13.4. The summed E-state index contributed by atoms with van der Waals surface area (Å²) in [5, 5.41) is 5.97. The van der Waals surface area contributed by atoms with Crippen molar-refractivity contribution in [3.63, 3.8) is 0 Å². The fourth-order valence-corrected chi connectivity index (χ4v) is 2.66. The van der Waals surface area contributed by atoms with E-state index in [-0.39, 0.29) is 11.6 Å². The normalized spacial score (nSPS) is 16.8. The van der Waals surface area contributed by atoms with Crippen molar-refractivity contribution in [3.8, 4) is 0 Å². The first-order valence-corrected chi connectivity index (χ1v) is 7.03. The van der Waals surface area contributed by atoms with Crippen LogP contribution in [0.4, 0.5) is 15.8 Å². The first-order chi connectivity index (χ1) is 9.54. The highest BCUT2D eigenvalue weighted by atomic mass is 79.9. The van der Waals surface area contributed by atoms with Gasteiger partial charge in [0.1, 0.15) is 11.9 Å². The average molecular weight is 356 g/mol. The van der Waals surface area contributed by atoms with Crippen molar-refractivity contribution in [2.24, 2.45) is 0 Å². The van der Waals surface area contributed by atoms with Crippen molar-refractivity contribution >= 4 is 44.8 Å². The lowest BCUT2D eigenvalue weighted by Crippen LogP contribution is -2.20. The minimum Gasteiger partial charge on any atom is -0.368 e. The number of amides is 1. The largest absolute Gasteiger partial charge is 0.368 e. The molecule has 0 fully saturated rings. The van der Waals surface area contributed by atoms with Gasteiger partial charge in [-0.2, -0.15) is 0 Å². The van der Waals surface area contributed by atoms with Crippen LogP contribution in [-0.4, -0.2) is 5.91 Å². The summed E-state index contributed by atoms with van der Waals surface area (Å²) in [6.45, 7) is 0. The summed E-state index contributed by atoms with van der Waals surface area (Å²) >= 11 is 9.05. The molecule has 1 unspecified atom stereocenters. The third-order valence-electron chi connectivity index (χ3n) is 3.08. The van der Waals surface area contributed by atoms with Crippen LogP contribution in [0.15, 0.2) is 40.9 Å². The van der Waals surface area contributed by atoms with E-state index in [1.165, 1.54) is 12.1 Å². The molecule has 0 bridgehead atoms. The second-order valence-electron chi connectivity index (χ2n) is 4.42. The van der Waals surface area contributed by atoms with Crippen LogP contribution >= 0.6 is 27.5 Å². The molecule has 0 saturated heterocycles. The third-order valence-corrected chi connectivity index (χ3v) is 3.81. The molecular formula is C14H9BrClFN2O. The van der Waals surface area contributed by atoms with Crippen molar-refractivity contribution in [3.05, 3.63) is 57.3 Å². The molecule has 3 nitrogen and oxygen atoms in total. The Kier molecular flexibility index (Phi) is 3.40. The van der Waals surface area contributed by atoms with Gasteiger partial charge in [0.2, 0.25) is 0 Å². The number of carbonyl (C=O) groups excluding carboxylic acids is 1. The summed E-state index contributed by atoms with van der Waals surface area (Å²) in [4.78, 5) is 12.0. The standard InChI is InChI=1S/C14H9BrClFN2O/c15-7-1-3-9-12(5-7)19-14(20)13(9)18-11-4-2-8(16)6-10(11)17/h1-6,13,18H,(H,19,20). The Balaban J connectivity index is 1.94. The Morgan fingerprint density at radius 1 is 1.25 bits per heavy atom. The molecule has 20 heavy (non-hydrogen) atoms. The van der Waals surface area contributed by atoms with Crippen LogP contribution in [0, 0.1) is 5.82 Å². The molecule has 1 aliphatic rings. The highest BCUT2D eigenvalue weighted by Crippen LogP contribution is 2.35. The number of carbonyl (C=O) groups is 1. The zero-order valence-corrected chi connectivity index (χ0v) is 12.4. The summed E-state index contributed by atoms with van der Waals surface area (Å²) in [5.74, 6) is -0.705. The zero-order valence-electron chi connectivity index (χ0n) is 10.1. The number of halogens is 3. The van der Waals surface area contributed by atoms with Gasteiger partial charge in [-0.1, -0.05) is 33.6 Å². The third kappa shape index (κ3) is 2.39. The van der Waals surface area contributed by atoms with Crippen molar-refractivity contribution in [1.82, 2.24) is 0 Å². The lowest BCUT2D eigenvalue weighted by molar-refractivity contribution is -0.116. The molecule has 2 N–H and O–H groups in total. The molecule has 0 aliphatic carbocycles. The molecular weight excluding hydrogens is 347 g/mol. The second kappa shape index (κ2) is 5.07. The van der Waals surface area contributed by atoms with E-state index in [9.17, 15) is 9.18 Å². The smallest absolute Gasteiger partial charge is 0.251 e. The number of rotatable bonds is 2. The van der Waals surface area contributed by atoms with E-state index in [2.05, 4.69) is 26.6 Å². The molecule has 2 aromatic rings. The number of nitrogens with one attached hydrogen (secondary N) is 2. The van der Waals surface area contributed by atoms with Crippen LogP contribution in [0.2, 0.25) is 5.02 Å². The lowest BCUT2D eigenvalue weighted by Gasteiger charge is -2.13. The van der Waals surface area contributed by atoms with Crippen LogP contribution in [0.5, 0.6) is 0 Å². The SMILES string of the molecule is O=C1Nc2cc(Br)ccc2C1Nc1ccc(Cl)cc1F. The van der Waals surface area contributed by atoms with Gasteiger partial charge in [-0.15, -0.1) is 0 Å². The predicted molar refractivity (Wildman–Crippen MR) is 80.5 cm³/mol. The first-order valence-electron chi connectivity index (χ1n) is 5.86. The molecule has 102 valence electrons. The van der Waals surface area contributed by atoms with E-state index >= 15 is 0 Å². The van der Waals surface area contributed by atoms with Gasteiger partial charge in [0.15, 0.2) is 0 Å². The zero-order chi connectivity index (χ0) is 14.3. The Bertz CT molecular complexity index is 708. The molecule has 3 rings (SSSR count). The summed E-state index contributed by atoms with van der Waals surface area (Å²) < 4.78 is 14.7. The summed E-state index contributed by atoms with van der Waals surface area (Å²) in [5.41, 5.74) is 1.74. The van der Waals surface area contributed by atoms with Gasteiger partial charge in [-0.3, -0.25) is 4.79 Å². The number of fused-ring (bicyclic) bond motifs is 1. The van der Waals surface area contributed by atoms with Gasteiger partial charge in [0.05, 0.1) is 5.69 Å². The van der Waals surface area contributed by atoms with Gasteiger partial charge in [0, 0.05) is 20.7 Å². The number of benzene rings is 2. The molecule has 0 aromatic heterocycles. The number of anilines is 2. The van der Waals surface area contributed by atoms with Crippen molar-refractivity contribution in [1.29, 1.82) is 0 Å². The van der Waals surface area contributed by atoms with E-state index in [1.54, 1.807) is 6.07 Å². The molecule has 0 radical (unpaired) electrons. The highest BCUT2D eigenvalue weighted by molar-refractivity contribution is 9.10. The van der Waals surface area contributed by atoms with Crippen molar-refractivity contribution in [2.75, 3.05) is 10.6 Å². The molecule has 0 saturated carbocycles. The molecule has 1 amide bonds. The Morgan fingerprint density at radius 2 is 2.05 bits per heavy atom. The Labute approximate surface area is 128 Å². The molecule has 1 aliphatic heterocycles. The molecule has 2 aromatic carbocycles. The van der Waals surface area contributed by atoms with Crippen LogP contribution in [0.1, 0.15) is 11.6 Å². The van der Waals surface area contributed by atoms with E-state index < -0.39 is 11.9 Å². The second-order valence-corrected chi connectivity index (χ2v) is 5.77. The number of hydrogen-bond donors (Lipinski definition) is 2. The van der Waals surface area contributed by atoms with E-state index in [4.69, 9.17) is 11.6 Å². The van der Waals surface area contributed by atoms with E-state index in [1.807, 2.05) is 18.2 Å². The maximum absolute atomic E-state index is 13.8. The van der Waals surface area contributed by atoms with Gasteiger partial charge in [0.25, 0.3) is 5.91 Å². The minimum absolute atomic E-state index is 0.215. The Morgan fingerprint density at radius 3 is 2.80 bits per heavy atom. The van der Waals surface area contributed by atoms with Gasteiger partial charge in [-0.25, -0.2) is 4.39 Å². The van der Waals surface area contributed by atoms with Gasteiger partial charge in [-0.05, 0) is 30.3 Å². The monoisotopic (exact) mass is 354 g/mol. The van der Waals surface area contributed by atoms with Crippen molar-refractivity contribution in [2.45, 2.75) is 6.04 Å². The fourth-order valence-electron chi connectivity index (χ4n) is 2.14. The molecule has 1 heterocycles. The average Bonchev–Trinajstić information content (AvgIpc) is 2.68. The molecule has 6 heteroatoms. The highest BCUT2D eigenvalue weighted by Gasteiger charge is 2.31. The molecule has 1 atom stereocenters. The minimum atomic E-state index is -0.617. The van der Waals surface area contributed by atoms with Gasteiger partial charge >= 0.3 is 0 Å². The summed E-state index contributed by atoms with van der Waals surface area (Å²) in [6.07, 6.45) is 0.